The smallest absolute Gasteiger partial charge is 0.324 e. The molecule has 3 nitrogen and oxygen atoms in total. The van der Waals surface area contributed by atoms with Crippen LogP contribution in [0.1, 0.15) is 27.7 Å². The van der Waals surface area contributed by atoms with Crippen LogP contribution in [0.3, 0.4) is 0 Å². The molecule has 14 heavy (non-hydrogen) atoms. The molecule has 0 aromatic heterocycles. The molecule has 1 unspecified atom stereocenters. The zero-order chi connectivity index (χ0) is 10.6. The normalized spacial score (nSPS) is 16.5. The van der Waals surface area contributed by atoms with Crippen molar-refractivity contribution in [2.45, 2.75) is 27.7 Å². The average Bonchev–Trinajstić information content (AvgIpc) is 2.15. The van der Waals surface area contributed by atoms with Gasteiger partial charge in [-0.05, 0) is 23.0 Å². The Labute approximate surface area is 105 Å². The molecule has 0 radical (unpaired) electrons. The summed E-state index contributed by atoms with van der Waals surface area (Å²) in [5, 5.41) is 0. The summed E-state index contributed by atoms with van der Waals surface area (Å²) in [6.07, 6.45) is 0. The molecule has 0 amide bonds. The monoisotopic (exact) mass is 256 g/mol. The van der Waals surface area contributed by atoms with Crippen LogP contribution in [0.4, 0.5) is 0 Å². The summed E-state index contributed by atoms with van der Waals surface area (Å²) in [6.45, 7) is 8.27. The average molecular weight is 257 g/mol. The van der Waals surface area contributed by atoms with E-state index in [0.717, 1.165) is 23.0 Å². The van der Waals surface area contributed by atoms with E-state index < -0.39 is 17.7 Å². The SMILES string of the molecule is CC[SH](CC)(CC)(CC)O[PH](=O)O.[MgH2]. The third-order valence-corrected chi connectivity index (χ3v) is 12.6. The molecule has 88 valence electrons. The molecule has 1 atom stereocenters. The van der Waals surface area contributed by atoms with E-state index in [1.165, 1.54) is 0 Å². The predicted molar refractivity (Wildman–Crippen MR) is 72.0 cm³/mol. The largest absolute Gasteiger partial charge is 0.326 e. The van der Waals surface area contributed by atoms with Gasteiger partial charge < -0.3 is 4.89 Å². The maximum atomic E-state index is 10.9. The van der Waals surface area contributed by atoms with Gasteiger partial charge in [0.25, 0.3) is 0 Å². The van der Waals surface area contributed by atoms with Gasteiger partial charge in [-0.25, -0.2) is 9.44 Å². The van der Waals surface area contributed by atoms with Crippen molar-refractivity contribution in [2.24, 2.45) is 0 Å². The predicted octanol–water partition coefficient (Wildman–Crippen LogP) is 1.54. The quantitative estimate of drug-likeness (QED) is 0.430. The van der Waals surface area contributed by atoms with Crippen LogP contribution >= 0.6 is 17.7 Å². The van der Waals surface area contributed by atoms with Crippen molar-refractivity contribution < 1.29 is 13.4 Å². The van der Waals surface area contributed by atoms with Gasteiger partial charge in [0, 0.05) is 0 Å². The Morgan fingerprint density at radius 2 is 1.36 bits per heavy atom. The summed E-state index contributed by atoms with van der Waals surface area (Å²) in [5.74, 6) is 3.64. The molecule has 1 N–H and O–H groups in total. The number of hydrogen-bond donors (Lipinski definition) is 2. The zero-order valence-electron chi connectivity index (χ0n) is 9.04. The van der Waals surface area contributed by atoms with E-state index in [1.807, 2.05) is 0 Å². The molecule has 0 aromatic carbocycles. The molecule has 0 saturated carbocycles. The first-order valence-electron chi connectivity index (χ1n) is 4.91. The number of rotatable bonds is 6. The maximum absolute atomic E-state index is 10.9. The second kappa shape index (κ2) is 6.76. The molecule has 0 aliphatic rings. The molecule has 6 heteroatoms. The van der Waals surface area contributed by atoms with Gasteiger partial charge in [-0.2, -0.15) is 0 Å². The van der Waals surface area contributed by atoms with E-state index in [1.54, 1.807) is 0 Å². The van der Waals surface area contributed by atoms with Gasteiger partial charge in [-0.3, -0.25) is 8.54 Å². The highest BCUT2D eigenvalue weighted by molar-refractivity contribution is 8.46. The molecule has 0 rings (SSSR count). The van der Waals surface area contributed by atoms with Gasteiger partial charge in [0.1, 0.15) is 0 Å². The first-order valence-corrected chi connectivity index (χ1v) is 9.07. The minimum Gasteiger partial charge on any atom is -0.326 e. The van der Waals surface area contributed by atoms with Crippen LogP contribution in [0.15, 0.2) is 0 Å². The topological polar surface area (TPSA) is 46.5 Å². The fourth-order valence-corrected chi connectivity index (χ4v) is 8.34. The molecule has 0 bridgehead atoms. The van der Waals surface area contributed by atoms with Crippen molar-refractivity contribution >= 4 is 40.7 Å². The van der Waals surface area contributed by atoms with Gasteiger partial charge in [0.05, 0.1) is 0 Å². The fourth-order valence-electron chi connectivity index (χ4n) is 1.82. The summed E-state index contributed by atoms with van der Waals surface area (Å²) < 4.78 is 16.3. The lowest BCUT2D eigenvalue weighted by molar-refractivity contribution is 0.422. The van der Waals surface area contributed by atoms with Crippen molar-refractivity contribution in [2.75, 3.05) is 23.0 Å². The van der Waals surface area contributed by atoms with Crippen LogP contribution < -0.4 is 0 Å². The van der Waals surface area contributed by atoms with Gasteiger partial charge in [-0.1, -0.05) is 27.7 Å². The summed E-state index contributed by atoms with van der Waals surface area (Å²) >= 11 is 0. The van der Waals surface area contributed by atoms with Crippen molar-refractivity contribution in [1.29, 1.82) is 0 Å². The van der Waals surface area contributed by atoms with E-state index in [-0.39, 0.29) is 23.1 Å². The van der Waals surface area contributed by atoms with Crippen LogP contribution in [-0.4, -0.2) is 51.0 Å². The Balaban J connectivity index is 0. The van der Waals surface area contributed by atoms with Gasteiger partial charge >= 0.3 is 31.3 Å². The molecular weight excluding hydrogens is 231 g/mol. The zero-order valence-corrected chi connectivity index (χ0v) is 10.9. The maximum Gasteiger partial charge on any atom is 0.324 e. The van der Waals surface area contributed by atoms with Crippen molar-refractivity contribution in [3.8, 4) is 0 Å². The van der Waals surface area contributed by atoms with Crippen LogP contribution in [0.2, 0.25) is 0 Å². The second-order valence-corrected chi connectivity index (χ2v) is 11.0. The Morgan fingerprint density at radius 1 is 1.07 bits per heavy atom. The molecule has 0 heterocycles. The van der Waals surface area contributed by atoms with E-state index in [9.17, 15) is 4.57 Å². The van der Waals surface area contributed by atoms with Crippen LogP contribution in [0.25, 0.3) is 0 Å². The highest BCUT2D eigenvalue weighted by atomic mass is 32.3. The first kappa shape index (κ1) is 17.7. The van der Waals surface area contributed by atoms with Crippen LogP contribution in [-0.2, 0) is 8.54 Å². The Hall–Kier alpha value is 1.27. The van der Waals surface area contributed by atoms with Gasteiger partial charge in [-0.15, -0.1) is 0 Å². The minimum absolute atomic E-state index is 0. The molecule has 0 aliphatic carbocycles. The molecule has 0 fully saturated rings. The second-order valence-electron chi connectivity index (χ2n) is 3.48. The van der Waals surface area contributed by atoms with Crippen molar-refractivity contribution in [3.63, 3.8) is 0 Å². The molecule has 0 saturated heterocycles. The van der Waals surface area contributed by atoms with Crippen LogP contribution in [0.5, 0.6) is 0 Å². The summed E-state index contributed by atoms with van der Waals surface area (Å²) in [4.78, 5) is 8.93. The summed E-state index contributed by atoms with van der Waals surface area (Å²) in [6, 6.07) is 0. The lowest BCUT2D eigenvalue weighted by Crippen LogP contribution is -2.29. The Bertz CT molecular complexity index is 174. The van der Waals surface area contributed by atoms with E-state index in [0.29, 0.717) is 0 Å². The lowest BCUT2D eigenvalue weighted by atomic mass is 10.9. The summed E-state index contributed by atoms with van der Waals surface area (Å²) in [7, 11) is -5.08. The van der Waals surface area contributed by atoms with Crippen molar-refractivity contribution in [1.82, 2.24) is 0 Å². The lowest BCUT2D eigenvalue weighted by Gasteiger charge is -2.58. The third-order valence-electron chi connectivity index (χ3n) is 3.54. The highest BCUT2D eigenvalue weighted by Gasteiger charge is 2.36. The van der Waals surface area contributed by atoms with E-state index in [4.69, 9.17) is 8.86 Å². The molecule has 0 aliphatic heterocycles. The summed E-state index contributed by atoms with van der Waals surface area (Å²) in [5.41, 5.74) is 0. The Morgan fingerprint density at radius 3 is 1.43 bits per heavy atom. The molecule has 0 aromatic rings. The van der Waals surface area contributed by atoms with Crippen molar-refractivity contribution in [3.05, 3.63) is 0 Å². The van der Waals surface area contributed by atoms with E-state index in [2.05, 4.69) is 27.7 Å². The van der Waals surface area contributed by atoms with Gasteiger partial charge in [0.15, 0.2) is 0 Å². The van der Waals surface area contributed by atoms with Gasteiger partial charge in [0.2, 0.25) is 0 Å². The Kier molecular flexibility index (Phi) is 8.53. The highest BCUT2D eigenvalue weighted by Crippen LogP contribution is 2.72. The first-order chi connectivity index (χ1) is 5.97. The molecular formula is C8H25MgO3PS. The minimum atomic E-state index is -2.79. The fraction of sp³-hybridized carbons (Fsp3) is 1.00. The van der Waals surface area contributed by atoms with Crippen LogP contribution in [0, 0.1) is 0 Å². The third kappa shape index (κ3) is 3.69. The van der Waals surface area contributed by atoms with E-state index >= 15 is 0 Å². The molecule has 0 spiro atoms. The standard InChI is InChI=1S/C8H23O3PS.Mg.2H/c1-5-13(6-2,7-3,8-4)11-12(9)10;;;/h12-13H,5-8H2,1-4H3,(H,9,10);;;. The number of hydrogen-bond acceptors (Lipinski definition) is 2. The number of thiol groups is 1.